The smallest absolute Gasteiger partial charge is 0.338 e. The van der Waals surface area contributed by atoms with Gasteiger partial charge in [-0.25, -0.2) is 4.79 Å². The van der Waals surface area contributed by atoms with Crippen LogP contribution in [-0.2, 0) is 14.3 Å². The minimum absolute atomic E-state index is 0.0963. The molecule has 188 valence electrons. The molecule has 2 aromatic carbocycles. The Morgan fingerprint density at radius 2 is 1.63 bits per heavy atom. The number of benzene rings is 2. The van der Waals surface area contributed by atoms with Crippen molar-refractivity contribution in [1.29, 1.82) is 0 Å². The summed E-state index contributed by atoms with van der Waals surface area (Å²) in [5, 5.41) is 2.37. The SMILES string of the molecule is CCCOC(=O)c1ccc(OCC(=O)NNC(=S)NC(=O)c2cccc(OCCOCC)c2)cc1. The normalized spacial score (nSPS) is 10.1. The molecule has 2 amide bonds. The number of carbonyl (C=O) groups excluding carboxylic acids is 3. The van der Waals surface area contributed by atoms with E-state index in [4.69, 9.17) is 31.2 Å². The quantitative estimate of drug-likeness (QED) is 0.173. The van der Waals surface area contributed by atoms with Gasteiger partial charge in [0, 0.05) is 12.2 Å². The Morgan fingerprint density at radius 1 is 0.857 bits per heavy atom. The molecule has 0 saturated carbocycles. The first-order chi connectivity index (χ1) is 16.9. The Bertz CT molecular complexity index is 999. The van der Waals surface area contributed by atoms with E-state index in [0.717, 1.165) is 6.42 Å². The molecule has 0 aliphatic rings. The number of hydrazine groups is 1. The van der Waals surface area contributed by atoms with Crippen molar-refractivity contribution in [1.82, 2.24) is 16.2 Å². The number of hydrogen-bond donors (Lipinski definition) is 3. The lowest BCUT2D eigenvalue weighted by Gasteiger charge is -2.12. The van der Waals surface area contributed by atoms with Crippen LogP contribution in [0.5, 0.6) is 11.5 Å². The van der Waals surface area contributed by atoms with Crippen molar-refractivity contribution < 1.29 is 33.3 Å². The van der Waals surface area contributed by atoms with Crippen LogP contribution in [0.1, 0.15) is 41.0 Å². The van der Waals surface area contributed by atoms with Gasteiger partial charge in [-0.1, -0.05) is 13.0 Å². The van der Waals surface area contributed by atoms with Gasteiger partial charge in [0.25, 0.3) is 11.8 Å². The molecule has 0 heterocycles. The van der Waals surface area contributed by atoms with Crippen molar-refractivity contribution in [2.24, 2.45) is 0 Å². The summed E-state index contributed by atoms with van der Waals surface area (Å²) in [5.41, 5.74) is 5.49. The summed E-state index contributed by atoms with van der Waals surface area (Å²) >= 11 is 5.04. The highest BCUT2D eigenvalue weighted by Crippen LogP contribution is 2.14. The molecular formula is C24H29N3O7S. The molecule has 0 aliphatic heterocycles. The largest absolute Gasteiger partial charge is 0.491 e. The Labute approximate surface area is 209 Å². The number of hydrogen-bond acceptors (Lipinski definition) is 8. The highest BCUT2D eigenvalue weighted by molar-refractivity contribution is 7.80. The number of rotatable bonds is 12. The van der Waals surface area contributed by atoms with Crippen LogP contribution in [0.4, 0.5) is 0 Å². The maximum absolute atomic E-state index is 12.4. The van der Waals surface area contributed by atoms with E-state index in [-0.39, 0.29) is 11.7 Å². The number of ether oxygens (including phenoxy) is 4. The lowest BCUT2D eigenvalue weighted by molar-refractivity contribution is -0.123. The predicted octanol–water partition coefficient (Wildman–Crippen LogP) is 2.38. The zero-order chi connectivity index (χ0) is 25.5. The van der Waals surface area contributed by atoms with E-state index in [1.165, 1.54) is 0 Å². The fourth-order valence-electron chi connectivity index (χ4n) is 2.57. The predicted molar refractivity (Wildman–Crippen MR) is 132 cm³/mol. The number of nitrogens with one attached hydrogen (secondary N) is 3. The molecule has 0 fully saturated rings. The minimum atomic E-state index is -0.530. The second-order valence-corrected chi connectivity index (χ2v) is 7.39. The fourth-order valence-corrected chi connectivity index (χ4v) is 2.72. The Kier molecular flexibility index (Phi) is 12.0. The van der Waals surface area contributed by atoms with Gasteiger partial charge in [-0.15, -0.1) is 0 Å². The highest BCUT2D eigenvalue weighted by atomic mass is 32.1. The van der Waals surface area contributed by atoms with Crippen LogP contribution >= 0.6 is 12.2 Å². The molecule has 0 radical (unpaired) electrons. The van der Waals surface area contributed by atoms with Crippen LogP contribution < -0.4 is 25.6 Å². The molecule has 0 saturated heterocycles. The van der Waals surface area contributed by atoms with E-state index in [1.807, 2.05) is 13.8 Å². The van der Waals surface area contributed by atoms with E-state index in [9.17, 15) is 14.4 Å². The second-order valence-electron chi connectivity index (χ2n) is 6.98. The first-order valence-corrected chi connectivity index (χ1v) is 11.4. The van der Waals surface area contributed by atoms with E-state index >= 15 is 0 Å². The van der Waals surface area contributed by atoms with Gasteiger partial charge in [-0.3, -0.25) is 25.8 Å². The molecule has 0 aromatic heterocycles. The van der Waals surface area contributed by atoms with Gasteiger partial charge in [0.05, 0.1) is 18.8 Å². The minimum Gasteiger partial charge on any atom is -0.491 e. The average molecular weight is 504 g/mol. The maximum Gasteiger partial charge on any atom is 0.338 e. The highest BCUT2D eigenvalue weighted by Gasteiger charge is 2.11. The summed E-state index contributed by atoms with van der Waals surface area (Å²) in [4.78, 5) is 36.2. The number of carbonyl (C=O) groups is 3. The molecule has 35 heavy (non-hydrogen) atoms. The maximum atomic E-state index is 12.4. The van der Waals surface area contributed by atoms with Crippen LogP contribution in [0.15, 0.2) is 48.5 Å². The van der Waals surface area contributed by atoms with Crippen molar-refractivity contribution in [2.45, 2.75) is 20.3 Å². The summed E-state index contributed by atoms with van der Waals surface area (Å²) in [6.07, 6.45) is 0.737. The van der Waals surface area contributed by atoms with Crippen molar-refractivity contribution >= 4 is 35.1 Å². The summed E-state index contributed by atoms with van der Waals surface area (Å²) in [6, 6.07) is 12.8. The molecule has 0 spiro atoms. The van der Waals surface area contributed by atoms with E-state index in [0.29, 0.717) is 49.1 Å². The van der Waals surface area contributed by atoms with Gasteiger partial charge in [0.2, 0.25) is 0 Å². The van der Waals surface area contributed by atoms with Crippen molar-refractivity contribution in [3.8, 4) is 11.5 Å². The molecule has 3 N–H and O–H groups in total. The molecule has 11 heteroatoms. The van der Waals surface area contributed by atoms with E-state index in [1.54, 1.807) is 48.5 Å². The molecule has 2 rings (SSSR count). The summed E-state index contributed by atoms with van der Waals surface area (Å²) in [7, 11) is 0. The van der Waals surface area contributed by atoms with Gasteiger partial charge < -0.3 is 18.9 Å². The van der Waals surface area contributed by atoms with Crippen molar-refractivity contribution in [3.05, 3.63) is 59.7 Å². The van der Waals surface area contributed by atoms with Gasteiger partial charge in [-0.2, -0.15) is 0 Å². The van der Waals surface area contributed by atoms with Gasteiger partial charge in [0.15, 0.2) is 11.7 Å². The van der Waals surface area contributed by atoms with Gasteiger partial charge in [0.1, 0.15) is 18.1 Å². The molecule has 0 aliphatic carbocycles. The van der Waals surface area contributed by atoms with Crippen LogP contribution in [0.3, 0.4) is 0 Å². The fraction of sp³-hybridized carbons (Fsp3) is 0.333. The summed E-state index contributed by atoms with van der Waals surface area (Å²) in [5.74, 6) is -0.505. The summed E-state index contributed by atoms with van der Waals surface area (Å²) in [6.45, 7) is 5.25. The second kappa shape index (κ2) is 15.3. The summed E-state index contributed by atoms with van der Waals surface area (Å²) < 4.78 is 21.2. The monoisotopic (exact) mass is 503 g/mol. The first-order valence-electron chi connectivity index (χ1n) is 11.0. The Hall–Kier alpha value is -3.70. The molecule has 10 nitrogen and oxygen atoms in total. The van der Waals surface area contributed by atoms with Gasteiger partial charge in [-0.05, 0) is 68.0 Å². The lowest BCUT2D eigenvalue weighted by Crippen LogP contribution is -2.49. The van der Waals surface area contributed by atoms with Gasteiger partial charge >= 0.3 is 5.97 Å². The third-order valence-corrected chi connectivity index (χ3v) is 4.44. The standard InChI is InChI=1S/C24H29N3O7S/c1-3-12-33-23(30)17-8-10-19(11-9-17)34-16-21(28)26-27-24(35)25-22(29)18-6-5-7-20(15-18)32-14-13-31-4-2/h5-11,15H,3-4,12-14,16H2,1-2H3,(H,26,28)(H2,25,27,29,35). The van der Waals surface area contributed by atoms with Crippen LogP contribution in [0, 0.1) is 0 Å². The third kappa shape index (κ3) is 10.4. The topological polar surface area (TPSA) is 124 Å². The zero-order valence-electron chi connectivity index (χ0n) is 19.6. The average Bonchev–Trinajstić information content (AvgIpc) is 2.87. The van der Waals surface area contributed by atoms with Crippen molar-refractivity contribution in [2.75, 3.05) is 33.0 Å². The molecule has 0 unspecified atom stereocenters. The van der Waals surface area contributed by atoms with Crippen LogP contribution in [0.25, 0.3) is 0 Å². The van der Waals surface area contributed by atoms with Crippen LogP contribution in [0.2, 0.25) is 0 Å². The Morgan fingerprint density at radius 3 is 2.34 bits per heavy atom. The molecule has 0 bridgehead atoms. The Balaban J connectivity index is 1.71. The molecule has 0 atom stereocenters. The zero-order valence-corrected chi connectivity index (χ0v) is 20.4. The van der Waals surface area contributed by atoms with Crippen molar-refractivity contribution in [3.63, 3.8) is 0 Å². The third-order valence-electron chi connectivity index (χ3n) is 4.24. The van der Waals surface area contributed by atoms with E-state index < -0.39 is 17.8 Å². The number of thiocarbonyl (C=S) groups is 1. The van der Waals surface area contributed by atoms with Crippen LogP contribution in [-0.4, -0.2) is 55.9 Å². The van der Waals surface area contributed by atoms with E-state index in [2.05, 4.69) is 16.2 Å². The molecular weight excluding hydrogens is 474 g/mol. The molecule has 2 aromatic rings. The number of amides is 2. The lowest BCUT2D eigenvalue weighted by atomic mass is 10.2. The number of esters is 1. The first kappa shape index (κ1) is 27.5.